The van der Waals surface area contributed by atoms with Gasteiger partial charge in [-0.3, -0.25) is 4.79 Å². The van der Waals surface area contributed by atoms with E-state index in [1.54, 1.807) is 14.2 Å². The van der Waals surface area contributed by atoms with E-state index in [0.717, 1.165) is 29.9 Å². The number of carbonyl (C=O) groups is 1. The van der Waals surface area contributed by atoms with Gasteiger partial charge in [0.1, 0.15) is 11.5 Å². The largest absolute Gasteiger partial charge is 0.497 e. The zero-order valence-electron chi connectivity index (χ0n) is 14.1. The number of hydrogen-bond acceptors (Lipinski definition) is 3. The molecule has 0 saturated carbocycles. The van der Waals surface area contributed by atoms with E-state index in [9.17, 15) is 4.79 Å². The number of methoxy groups -OCH3 is 2. The fourth-order valence-corrected chi connectivity index (χ4v) is 3.30. The van der Waals surface area contributed by atoms with Crippen LogP contribution >= 0.6 is 0 Å². The van der Waals surface area contributed by atoms with Gasteiger partial charge in [-0.2, -0.15) is 0 Å². The van der Waals surface area contributed by atoms with Crippen molar-refractivity contribution in [1.29, 1.82) is 0 Å². The van der Waals surface area contributed by atoms with E-state index < -0.39 is 0 Å². The van der Waals surface area contributed by atoms with Gasteiger partial charge < -0.3 is 14.4 Å². The maximum atomic E-state index is 12.6. The van der Waals surface area contributed by atoms with Crippen LogP contribution in [0.2, 0.25) is 0 Å². The Bertz CT molecular complexity index is 483. The molecule has 122 valence electrons. The molecule has 2 rings (SSSR count). The molecule has 22 heavy (non-hydrogen) atoms. The van der Waals surface area contributed by atoms with Crippen LogP contribution in [-0.2, 0) is 11.2 Å². The van der Waals surface area contributed by atoms with Gasteiger partial charge in [0, 0.05) is 24.6 Å². The van der Waals surface area contributed by atoms with Crippen LogP contribution in [-0.4, -0.2) is 37.1 Å². The van der Waals surface area contributed by atoms with Crippen molar-refractivity contribution in [2.24, 2.45) is 0 Å². The van der Waals surface area contributed by atoms with E-state index in [4.69, 9.17) is 9.47 Å². The number of amides is 1. The van der Waals surface area contributed by atoms with Gasteiger partial charge in [0.2, 0.25) is 5.91 Å². The molecule has 1 aromatic carbocycles. The first-order valence-corrected chi connectivity index (χ1v) is 8.08. The summed E-state index contributed by atoms with van der Waals surface area (Å²) in [5.41, 5.74) is 1.07. The summed E-state index contributed by atoms with van der Waals surface area (Å²) in [7, 11) is 3.28. The van der Waals surface area contributed by atoms with E-state index in [1.807, 2.05) is 18.2 Å². The minimum absolute atomic E-state index is 0.251. The van der Waals surface area contributed by atoms with Gasteiger partial charge in [-0.25, -0.2) is 0 Å². The quantitative estimate of drug-likeness (QED) is 0.836. The standard InChI is InChI=1S/C18H27NO3/c1-13-6-5-7-14(2)19(13)18(20)9-8-15-10-16(21-3)12-17(11-15)22-4/h10-14H,5-9H2,1-4H3. The molecule has 0 aromatic heterocycles. The lowest BCUT2D eigenvalue weighted by molar-refractivity contribution is -0.137. The molecule has 0 N–H and O–H groups in total. The minimum atomic E-state index is 0.251. The maximum Gasteiger partial charge on any atom is 0.223 e. The third-order valence-electron chi connectivity index (χ3n) is 4.52. The van der Waals surface area contributed by atoms with E-state index >= 15 is 0 Å². The second-order valence-corrected chi connectivity index (χ2v) is 6.15. The number of aryl methyl sites for hydroxylation is 1. The first-order chi connectivity index (χ1) is 10.5. The predicted octanol–water partition coefficient (Wildman–Crippen LogP) is 3.43. The summed E-state index contributed by atoms with van der Waals surface area (Å²) in [4.78, 5) is 14.6. The lowest BCUT2D eigenvalue weighted by atomic mass is 9.96. The summed E-state index contributed by atoms with van der Waals surface area (Å²) in [6.07, 6.45) is 4.69. The van der Waals surface area contributed by atoms with Crippen molar-refractivity contribution >= 4 is 5.91 Å². The monoisotopic (exact) mass is 305 g/mol. The van der Waals surface area contributed by atoms with Crippen LogP contribution in [0, 0.1) is 0 Å². The van der Waals surface area contributed by atoms with Gasteiger partial charge in [-0.05, 0) is 57.2 Å². The Labute approximate surface area is 133 Å². The molecule has 1 saturated heterocycles. The van der Waals surface area contributed by atoms with E-state index in [0.29, 0.717) is 24.9 Å². The van der Waals surface area contributed by atoms with Crippen molar-refractivity contribution < 1.29 is 14.3 Å². The number of hydrogen-bond donors (Lipinski definition) is 0. The molecule has 4 heteroatoms. The van der Waals surface area contributed by atoms with Crippen molar-refractivity contribution in [1.82, 2.24) is 4.90 Å². The summed E-state index contributed by atoms with van der Waals surface area (Å²) in [5.74, 6) is 1.78. The van der Waals surface area contributed by atoms with Crippen molar-refractivity contribution in [3.8, 4) is 11.5 Å². The Morgan fingerprint density at radius 3 is 2.14 bits per heavy atom. The van der Waals surface area contributed by atoms with Crippen LogP contribution in [0.5, 0.6) is 11.5 Å². The first kappa shape index (κ1) is 16.7. The summed E-state index contributed by atoms with van der Waals surface area (Å²) in [6, 6.07) is 6.50. The van der Waals surface area contributed by atoms with Crippen LogP contribution in [0.3, 0.4) is 0 Å². The average molecular weight is 305 g/mol. The van der Waals surface area contributed by atoms with E-state index in [2.05, 4.69) is 18.7 Å². The molecule has 1 aliphatic rings. The van der Waals surface area contributed by atoms with Crippen LogP contribution < -0.4 is 9.47 Å². The lowest BCUT2D eigenvalue weighted by Gasteiger charge is -2.39. The van der Waals surface area contributed by atoms with Gasteiger partial charge in [0.05, 0.1) is 14.2 Å². The highest BCUT2D eigenvalue weighted by Crippen LogP contribution is 2.26. The molecule has 1 aliphatic heterocycles. The number of ether oxygens (including phenoxy) is 2. The lowest BCUT2D eigenvalue weighted by Crippen LogP contribution is -2.47. The molecule has 1 amide bonds. The first-order valence-electron chi connectivity index (χ1n) is 8.08. The number of nitrogens with zero attached hydrogens (tertiary/aromatic N) is 1. The number of likely N-dealkylation sites (tertiary alicyclic amines) is 1. The minimum Gasteiger partial charge on any atom is -0.497 e. The van der Waals surface area contributed by atoms with E-state index in [1.165, 1.54) is 6.42 Å². The summed E-state index contributed by atoms with van der Waals surface area (Å²) < 4.78 is 10.6. The highest BCUT2D eigenvalue weighted by Gasteiger charge is 2.28. The molecule has 0 radical (unpaired) electrons. The summed E-state index contributed by atoms with van der Waals surface area (Å²) in [5, 5.41) is 0. The highest BCUT2D eigenvalue weighted by molar-refractivity contribution is 5.77. The maximum absolute atomic E-state index is 12.6. The fraction of sp³-hybridized carbons (Fsp3) is 0.611. The Balaban J connectivity index is 2.01. The predicted molar refractivity (Wildman–Crippen MR) is 87.5 cm³/mol. The van der Waals surface area contributed by atoms with Gasteiger partial charge in [-0.1, -0.05) is 0 Å². The Morgan fingerprint density at radius 2 is 1.64 bits per heavy atom. The third-order valence-corrected chi connectivity index (χ3v) is 4.52. The average Bonchev–Trinajstić information content (AvgIpc) is 2.52. The summed E-state index contributed by atoms with van der Waals surface area (Å²) in [6.45, 7) is 4.31. The molecule has 1 heterocycles. The zero-order valence-corrected chi connectivity index (χ0v) is 14.1. The normalized spacial score (nSPS) is 21.5. The highest BCUT2D eigenvalue weighted by atomic mass is 16.5. The molecular weight excluding hydrogens is 278 g/mol. The molecule has 0 spiro atoms. The van der Waals surface area contributed by atoms with Crippen molar-refractivity contribution in [3.05, 3.63) is 23.8 Å². The molecule has 2 atom stereocenters. The molecule has 0 bridgehead atoms. The van der Waals surface area contributed by atoms with Crippen molar-refractivity contribution in [3.63, 3.8) is 0 Å². The second-order valence-electron chi connectivity index (χ2n) is 6.15. The van der Waals surface area contributed by atoms with Crippen LogP contribution in [0.1, 0.15) is 45.1 Å². The van der Waals surface area contributed by atoms with Crippen LogP contribution in [0.25, 0.3) is 0 Å². The van der Waals surface area contributed by atoms with Gasteiger partial charge in [0.15, 0.2) is 0 Å². The van der Waals surface area contributed by atoms with Crippen molar-refractivity contribution in [2.45, 2.75) is 58.0 Å². The number of piperidine rings is 1. The van der Waals surface area contributed by atoms with Crippen molar-refractivity contribution in [2.75, 3.05) is 14.2 Å². The van der Waals surface area contributed by atoms with E-state index in [-0.39, 0.29) is 5.91 Å². The number of rotatable bonds is 5. The Kier molecular flexibility index (Phi) is 5.69. The smallest absolute Gasteiger partial charge is 0.223 e. The van der Waals surface area contributed by atoms with Gasteiger partial charge in [0.25, 0.3) is 0 Å². The van der Waals surface area contributed by atoms with Crippen LogP contribution in [0.15, 0.2) is 18.2 Å². The molecular formula is C18H27NO3. The number of benzene rings is 1. The topological polar surface area (TPSA) is 38.8 Å². The fourth-order valence-electron chi connectivity index (χ4n) is 3.30. The molecule has 1 aromatic rings. The SMILES string of the molecule is COc1cc(CCC(=O)N2C(C)CCCC2C)cc(OC)c1. The molecule has 1 fully saturated rings. The van der Waals surface area contributed by atoms with Gasteiger partial charge in [-0.15, -0.1) is 0 Å². The second kappa shape index (κ2) is 7.52. The molecule has 0 aliphatic carbocycles. The van der Waals surface area contributed by atoms with Gasteiger partial charge >= 0.3 is 0 Å². The Hall–Kier alpha value is -1.71. The zero-order chi connectivity index (χ0) is 16.1. The Morgan fingerprint density at radius 1 is 1.09 bits per heavy atom. The molecule has 2 unspecified atom stereocenters. The van der Waals surface area contributed by atoms with Crippen LogP contribution in [0.4, 0.5) is 0 Å². The third kappa shape index (κ3) is 3.93. The summed E-state index contributed by atoms with van der Waals surface area (Å²) >= 11 is 0. The number of carbonyl (C=O) groups excluding carboxylic acids is 1. The molecule has 4 nitrogen and oxygen atoms in total.